The summed E-state index contributed by atoms with van der Waals surface area (Å²) in [5.41, 5.74) is 0. The van der Waals surface area contributed by atoms with Gasteiger partial charge in [0.1, 0.15) is 5.82 Å². The molecule has 1 aromatic carbocycles. The first-order chi connectivity index (χ1) is 7.55. The summed E-state index contributed by atoms with van der Waals surface area (Å²) in [5, 5.41) is 0.219. The predicted molar refractivity (Wildman–Crippen MR) is 64.6 cm³/mol. The van der Waals surface area contributed by atoms with Crippen molar-refractivity contribution in [1.29, 1.82) is 0 Å². The lowest BCUT2D eigenvalue weighted by molar-refractivity contribution is 0.229. The molecule has 0 heterocycles. The van der Waals surface area contributed by atoms with Crippen molar-refractivity contribution in [1.82, 2.24) is 0 Å². The standard InChI is InChI=1S/C10H13BrFO3P/c1-3-14-16(13,15-4-2)9-7-5-6-8(12)10(9)11/h5-7H,3-4H2,1-2H3. The molecule has 0 saturated carbocycles. The summed E-state index contributed by atoms with van der Waals surface area (Å²) in [7, 11) is -3.42. The molecule has 3 nitrogen and oxygen atoms in total. The van der Waals surface area contributed by atoms with Crippen LogP contribution in [-0.2, 0) is 13.6 Å². The van der Waals surface area contributed by atoms with Crippen LogP contribution < -0.4 is 5.30 Å². The molecular weight excluding hydrogens is 298 g/mol. The van der Waals surface area contributed by atoms with Crippen LogP contribution in [0.1, 0.15) is 13.8 Å². The lowest BCUT2D eigenvalue weighted by Crippen LogP contribution is -2.13. The third kappa shape index (κ3) is 2.92. The Morgan fingerprint density at radius 2 is 1.88 bits per heavy atom. The van der Waals surface area contributed by atoms with E-state index in [-0.39, 0.29) is 23.0 Å². The Bertz CT molecular complexity index is 401. The van der Waals surface area contributed by atoms with Gasteiger partial charge in [0.05, 0.1) is 23.0 Å². The van der Waals surface area contributed by atoms with Gasteiger partial charge in [-0.2, -0.15) is 0 Å². The fourth-order valence-electron chi connectivity index (χ4n) is 1.22. The van der Waals surface area contributed by atoms with Crippen molar-refractivity contribution in [2.24, 2.45) is 0 Å². The van der Waals surface area contributed by atoms with Crippen molar-refractivity contribution in [3.8, 4) is 0 Å². The van der Waals surface area contributed by atoms with E-state index in [0.29, 0.717) is 0 Å². The fourth-order valence-corrected chi connectivity index (χ4v) is 3.78. The summed E-state index contributed by atoms with van der Waals surface area (Å²) in [4.78, 5) is 0. The minimum atomic E-state index is -3.42. The Balaban J connectivity index is 3.21. The average molecular weight is 311 g/mol. The second-order valence-corrected chi connectivity index (χ2v) is 5.69. The molecule has 0 unspecified atom stereocenters. The van der Waals surface area contributed by atoms with Gasteiger partial charge in [-0.25, -0.2) is 4.39 Å². The molecule has 0 aliphatic rings. The molecule has 0 atom stereocenters. The zero-order valence-electron chi connectivity index (χ0n) is 9.07. The van der Waals surface area contributed by atoms with Crippen LogP contribution >= 0.6 is 23.5 Å². The minimum Gasteiger partial charge on any atom is -0.305 e. The molecule has 16 heavy (non-hydrogen) atoms. The molecule has 0 aliphatic heterocycles. The minimum absolute atomic E-state index is 0.125. The van der Waals surface area contributed by atoms with Crippen LogP contribution in [0.3, 0.4) is 0 Å². The van der Waals surface area contributed by atoms with Gasteiger partial charge in [-0.3, -0.25) is 4.57 Å². The van der Waals surface area contributed by atoms with E-state index in [1.165, 1.54) is 18.2 Å². The zero-order valence-corrected chi connectivity index (χ0v) is 11.6. The molecule has 0 saturated heterocycles. The number of benzene rings is 1. The van der Waals surface area contributed by atoms with Crippen LogP contribution in [0.5, 0.6) is 0 Å². The normalized spacial score (nSPS) is 11.8. The molecule has 0 aromatic heterocycles. The molecule has 0 bridgehead atoms. The third-order valence-electron chi connectivity index (χ3n) is 1.82. The lowest BCUT2D eigenvalue weighted by Gasteiger charge is -2.18. The van der Waals surface area contributed by atoms with Gasteiger partial charge < -0.3 is 9.05 Å². The predicted octanol–water partition coefficient (Wildman–Crippen LogP) is 3.48. The molecule has 0 N–H and O–H groups in total. The quantitative estimate of drug-likeness (QED) is 0.781. The van der Waals surface area contributed by atoms with Crippen molar-refractivity contribution in [2.75, 3.05) is 13.2 Å². The Morgan fingerprint density at radius 3 is 2.38 bits per heavy atom. The average Bonchev–Trinajstić information content (AvgIpc) is 2.22. The lowest BCUT2D eigenvalue weighted by atomic mass is 10.3. The van der Waals surface area contributed by atoms with Gasteiger partial charge in [-0.15, -0.1) is 0 Å². The maximum atomic E-state index is 13.3. The highest BCUT2D eigenvalue weighted by Crippen LogP contribution is 2.48. The maximum absolute atomic E-state index is 13.3. The van der Waals surface area contributed by atoms with Gasteiger partial charge in [0.15, 0.2) is 0 Å². The molecule has 0 aliphatic carbocycles. The number of rotatable bonds is 5. The number of hydrogen-bond acceptors (Lipinski definition) is 3. The van der Waals surface area contributed by atoms with Crippen LogP contribution in [0.2, 0.25) is 0 Å². The molecule has 0 amide bonds. The van der Waals surface area contributed by atoms with Gasteiger partial charge >= 0.3 is 7.60 Å². The van der Waals surface area contributed by atoms with Crippen molar-refractivity contribution in [3.05, 3.63) is 28.5 Å². The first-order valence-electron chi connectivity index (χ1n) is 4.88. The Morgan fingerprint density at radius 1 is 1.31 bits per heavy atom. The summed E-state index contributed by atoms with van der Waals surface area (Å²) in [6, 6.07) is 4.27. The maximum Gasteiger partial charge on any atom is 0.362 e. The molecular formula is C10H13BrFO3P. The molecule has 0 radical (unpaired) electrons. The van der Waals surface area contributed by atoms with E-state index in [9.17, 15) is 8.96 Å². The van der Waals surface area contributed by atoms with E-state index in [1.54, 1.807) is 13.8 Å². The van der Waals surface area contributed by atoms with Crippen molar-refractivity contribution in [3.63, 3.8) is 0 Å². The summed E-state index contributed by atoms with van der Waals surface area (Å²) in [5.74, 6) is -0.489. The smallest absolute Gasteiger partial charge is 0.305 e. The molecule has 6 heteroatoms. The van der Waals surface area contributed by atoms with Gasteiger partial charge in [0.25, 0.3) is 0 Å². The summed E-state index contributed by atoms with van der Waals surface area (Å²) in [6.45, 7) is 3.89. The Labute approximate surface area is 103 Å². The highest BCUT2D eigenvalue weighted by Gasteiger charge is 2.30. The van der Waals surface area contributed by atoms with E-state index in [1.807, 2.05) is 0 Å². The highest BCUT2D eigenvalue weighted by molar-refractivity contribution is 9.10. The van der Waals surface area contributed by atoms with Crippen LogP contribution in [0.4, 0.5) is 4.39 Å². The Kier molecular flexibility index (Phi) is 5.12. The molecule has 0 spiro atoms. The van der Waals surface area contributed by atoms with Crippen molar-refractivity contribution < 1.29 is 18.0 Å². The van der Waals surface area contributed by atoms with Gasteiger partial charge in [-0.05, 0) is 41.9 Å². The second-order valence-electron chi connectivity index (χ2n) is 2.91. The highest BCUT2D eigenvalue weighted by atomic mass is 79.9. The second kappa shape index (κ2) is 5.92. The van der Waals surface area contributed by atoms with Crippen molar-refractivity contribution >= 4 is 28.8 Å². The van der Waals surface area contributed by atoms with Crippen LogP contribution in [0.15, 0.2) is 22.7 Å². The van der Waals surface area contributed by atoms with Gasteiger partial charge in [-0.1, -0.05) is 6.07 Å². The SMILES string of the molecule is CCOP(=O)(OCC)c1cccc(F)c1Br. The van der Waals surface area contributed by atoms with E-state index < -0.39 is 13.4 Å². The van der Waals surface area contributed by atoms with Gasteiger partial charge in [0.2, 0.25) is 0 Å². The monoisotopic (exact) mass is 310 g/mol. The van der Waals surface area contributed by atoms with E-state index in [0.717, 1.165) is 0 Å². The van der Waals surface area contributed by atoms with Crippen molar-refractivity contribution in [2.45, 2.75) is 13.8 Å². The molecule has 1 aromatic rings. The number of halogens is 2. The van der Waals surface area contributed by atoms with Crippen LogP contribution in [0.25, 0.3) is 0 Å². The molecule has 90 valence electrons. The van der Waals surface area contributed by atoms with E-state index >= 15 is 0 Å². The summed E-state index contributed by atoms with van der Waals surface area (Å²) < 4.78 is 36.0. The topological polar surface area (TPSA) is 35.5 Å². The van der Waals surface area contributed by atoms with Crippen LogP contribution in [-0.4, -0.2) is 13.2 Å². The summed E-state index contributed by atoms with van der Waals surface area (Å²) >= 11 is 3.05. The molecule has 0 fully saturated rings. The van der Waals surface area contributed by atoms with E-state index in [4.69, 9.17) is 9.05 Å². The summed E-state index contributed by atoms with van der Waals surface area (Å²) in [6.07, 6.45) is 0. The Hall–Kier alpha value is -0.220. The largest absolute Gasteiger partial charge is 0.362 e. The first kappa shape index (κ1) is 13.8. The van der Waals surface area contributed by atoms with Crippen LogP contribution in [0, 0.1) is 5.82 Å². The van der Waals surface area contributed by atoms with Gasteiger partial charge in [0, 0.05) is 0 Å². The third-order valence-corrected chi connectivity index (χ3v) is 5.10. The molecule has 1 rings (SSSR count). The van der Waals surface area contributed by atoms with E-state index in [2.05, 4.69) is 15.9 Å². The zero-order chi connectivity index (χ0) is 12.2. The first-order valence-corrected chi connectivity index (χ1v) is 7.22. The number of hydrogen-bond donors (Lipinski definition) is 0. The fraction of sp³-hybridized carbons (Fsp3) is 0.400.